The van der Waals surface area contributed by atoms with Crippen molar-refractivity contribution in [3.05, 3.63) is 59.7 Å². The minimum Gasteiger partial charge on any atom is -0.381 e. The number of alkyl halides is 3. The molecule has 0 unspecified atom stereocenters. The van der Waals surface area contributed by atoms with Crippen molar-refractivity contribution in [3.8, 4) is 0 Å². The first kappa shape index (κ1) is 16.2. The van der Waals surface area contributed by atoms with Crippen molar-refractivity contribution in [2.45, 2.75) is 16.9 Å². The van der Waals surface area contributed by atoms with Crippen LogP contribution in [0.5, 0.6) is 0 Å². The van der Waals surface area contributed by atoms with Gasteiger partial charge < -0.3 is 11.1 Å². The van der Waals surface area contributed by atoms with E-state index in [2.05, 4.69) is 5.32 Å². The Morgan fingerprint density at radius 2 is 1.64 bits per heavy atom. The van der Waals surface area contributed by atoms with Crippen molar-refractivity contribution < 1.29 is 18.0 Å². The van der Waals surface area contributed by atoms with Crippen molar-refractivity contribution in [1.82, 2.24) is 0 Å². The van der Waals surface area contributed by atoms with Crippen molar-refractivity contribution in [2.75, 3.05) is 5.32 Å². The molecule has 1 amide bonds. The summed E-state index contributed by atoms with van der Waals surface area (Å²) >= 11 is -0.136. The number of benzene rings is 2. The van der Waals surface area contributed by atoms with E-state index in [1.165, 1.54) is 12.1 Å². The molecule has 7 heteroatoms. The molecule has 0 fully saturated rings. The van der Waals surface area contributed by atoms with Crippen LogP contribution in [0.2, 0.25) is 0 Å². The number of hydrogen-bond donors (Lipinski definition) is 2. The molecule has 116 valence electrons. The van der Waals surface area contributed by atoms with E-state index in [1.54, 1.807) is 36.4 Å². The standard InChI is InChI=1S/C15H13F3N2OS/c16-15(17,18)22-13-7-1-10(2-8-13)9-20-12-5-3-11(4-6-12)14(19)21/h1-8,20H,9H2,(H2,19,21). The molecular weight excluding hydrogens is 313 g/mol. The van der Waals surface area contributed by atoms with Crippen LogP contribution in [0.25, 0.3) is 0 Å². The maximum atomic E-state index is 12.2. The zero-order valence-corrected chi connectivity index (χ0v) is 12.2. The minimum atomic E-state index is -4.28. The maximum Gasteiger partial charge on any atom is 0.446 e. The summed E-state index contributed by atoms with van der Waals surface area (Å²) in [6.45, 7) is 0.465. The highest BCUT2D eigenvalue weighted by atomic mass is 32.2. The van der Waals surface area contributed by atoms with Gasteiger partial charge in [0.15, 0.2) is 0 Å². The van der Waals surface area contributed by atoms with E-state index in [4.69, 9.17) is 5.73 Å². The smallest absolute Gasteiger partial charge is 0.381 e. The van der Waals surface area contributed by atoms with Crippen LogP contribution in [0, 0.1) is 0 Å². The second-order valence-electron chi connectivity index (χ2n) is 4.49. The molecule has 2 aromatic carbocycles. The zero-order valence-electron chi connectivity index (χ0n) is 11.4. The van der Waals surface area contributed by atoms with Crippen molar-refractivity contribution >= 4 is 23.4 Å². The van der Waals surface area contributed by atoms with Crippen molar-refractivity contribution in [2.24, 2.45) is 5.73 Å². The summed E-state index contributed by atoms with van der Waals surface area (Å²) < 4.78 is 36.7. The van der Waals surface area contributed by atoms with Gasteiger partial charge in [0.2, 0.25) is 5.91 Å². The third-order valence-electron chi connectivity index (χ3n) is 2.82. The van der Waals surface area contributed by atoms with Gasteiger partial charge in [-0.25, -0.2) is 0 Å². The van der Waals surface area contributed by atoms with Gasteiger partial charge in [-0.15, -0.1) is 0 Å². The van der Waals surface area contributed by atoms with Crippen LogP contribution < -0.4 is 11.1 Å². The number of amides is 1. The van der Waals surface area contributed by atoms with Gasteiger partial charge in [0.05, 0.1) is 0 Å². The summed E-state index contributed by atoms with van der Waals surface area (Å²) in [4.78, 5) is 11.1. The molecular formula is C15H13F3N2OS. The lowest BCUT2D eigenvalue weighted by Crippen LogP contribution is -2.10. The van der Waals surface area contributed by atoms with Gasteiger partial charge in [0.25, 0.3) is 0 Å². The number of thioether (sulfide) groups is 1. The number of carbonyl (C=O) groups is 1. The highest BCUT2D eigenvalue weighted by Gasteiger charge is 2.28. The SMILES string of the molecule is NC(=O)c1ccc(NCc2ccc(SC(F)(F)F)cc2)cc1. The van der Waals surface area contributed by atoms with Crippen LogP contribution in [0.1, 0.15) is 15.9 Å². The number of halogens is 3. The van der Waals surface area contributed by atoms with Crippen molar-refractivity contribution in [1.29, 1.82) is 0 Å². The predicted octanol–water partition coefficient (Wildman–Crippen LogP) is 4.01. The van der Waals surface area contributed by atoms with Gasteiger partial charge in [-0.1, -0.05) is 12.1 Å². The highest BCUT2D eigenvalue weighted by molar-refractivity contribution is 8.00. The van der Waals surface area contributed by atoms with Gasteiger partial charge in [-0.05, 0) is 53.7 Å². The Kier molecular flexibility index (Phi) is 4.97. The van der Waals surface area contributed by atoms with Gasteiger partial charge in [-0.2, -0.15) is 13.2 Å². The Morgan fingerprint density at radius 1 is 1.05 bits per heavy atom. The van der Waals surface area contributed by atoms with Crippen LogP contribution in [0.15, 0.2) is 53.4 Å². The largest absolute Gasteiger partial charge is 0.446 e. The summed E-state index contributed by atoms with van der Waals surface area (Å²) in [5, 5.41) is 3.11. The summed E-state index contributed by atoms with van der Waals surface area (Å²) in [5.41, 5.74) is 2.93. The van der Waals surface area contributed by atoms with E-state index < -0.39 is 11.4 Å². The zero-order chi connectivity index (χ0) is 16.2. The first-order valence-electron chi connectivity index (χ1n) is 6.32. The number of anilines is 1. The average molecular weight is 326 g/mol. The number of hydrogen-bond acceptors (Lipinski definition) is 3. The van der Waals surface area contributed by atoms with E-state index in [9.17, 15) is 18.0 Å². The predicted molar refractivity (Wildman–Crippen MR) is 80.6 cm³/mol. The molecule has 3 nitrogen and oxygen atoms in total. The molecule has 3 N–H and O–H groups in total. The van der Waals surface area contributed by atoms with Gasteiger partial charge >= 0.3 is 5.51 Å². The quantitative estimate of drug-likeness (QED) is 0.816. The third kappa shape index (κ3) is 5.00. The first-order valence-corrected chi connectivity index (χ1v) is 7.13. The second kappa shape index (κ2) is 6.74. The lowest BCUT2D eigenvalue weighted by molar-refractivity contribution is -0.0328. The van der Waals surface area contributed by atoms with Crippen LogP contribution in [0.3, 0.4) is 0 Å². The number of nitrogens with two attached hydrogens (primary N) is 1. The molecule has 0 spiro atoms. The first-order chi connectivity index (χ1) is 10.3. The van der Waals surface area contributed by atoms with E-state index in [-0.39, 0.29) is 16.7 Å². The lowest BCUT2D eigenvalue weighted by Gasteiger charge is -2.09. The number of carbonyl (C=O) groups excluding carboxylic acids is 1. The monoisotopic (exact) mass is 326 g/mol. The summed E-state index contributed by atoms with van der Waals surface area (Å²) in [6.07, 6.45) is 0. The van der Waals surface area contributed by atoms with Crippen molar-refractivity contribution in [3.63, 3.8) is 0 Å². The summed E-state index contributed by atoms with van der Waals surface area (Å²) in [6, 6.07) is 12.8. The summed E-state index contributed by atoms with van der Waals surface area (Å²) in [7, 11) is 0. The van der Waals surface area contributed by atoms with E-state index in [1.807, 2.05) is 0 Å². The van der Waals surface area contributed by atoms with Gasteiger partial charge in [0, 0.05) is 22.7 Å². The fourth-order valence-electron chi connectivity index (χ4n) is 1.77. The molecule has 0 aliphatic rings. The Labute approximate surface area is 129 Å². The number of rotatable bonds is 5. The Balaban J connectivity index is 1.92. The Morgan fingerprint density at radius 3 is 2.14 bits per heavy atom. The molecule has 22 heavy (non-hydrogen) atoms. The molecule has 0 atom stereocenters. The number of nitrogens with one attached hydrogen (secondary N) is 1. The van der Waals surface area contributed by atoms with Crippen LogP contribution >= 0.6 is 11.8 Å². The van der Waals surface area contributed by atoms with Crippen LogP contribution in [-0.4, -0.2) is 11.4 Å². The fourth-order valence-corrected chi connectivity index (χ4v) is 2.30. The molecule has 0 aromatic heterocycles. The van der Waals surface area contributed by atoms with Crippen LogP contribution in [-0.2, 0) is 6.54 Å². The fraction of sp³-hybridized carbons (Fsp3) is 0.133. The van der Waals surface area contributed by atoms with E-state index >= 15 is 0 Å². The van der Waals surface area contributed by atoms with Crippen LogP contribution in [0.4, 0.5) is 18.9 Å². The Bertz CT molecular complexity index is 639. The molecule has 0 heterocycles. The second-order valence-corrected chi connectivity index (χ2v) is 5.63. The molecule has 2 rings (SSSR count). The molecule has 0 aliphatic heterocycles. The summed E-state index contributed by atoms with van der Waals surface area (Å²) in [5.74, 6) is -0.496. The molecule has 0 radical (unpaired) electrons. The third-order valence-corrected chi connectivity index (χ3v) is 3.56. The molecule has 0 bridgehead atoms. The average Bonchev–Trinajstić information content (AvgIpc) is 2.45. The normalized spacial score (nSPS) is 11.2. The molecule has 0 saturated heterocycles. The van der Waals surface area contributed by atoms with E-state index in [0.29, 0.717) is 12.1 Å². The Hall–Kier alpha value is -2.15. The highest BCUT2D eigenvalue weighted by Crippen LogP contribution is 2.36. The molecule has 0 saturated carbocycles. The van der Waals surface area contributed by atoms with Gasteiger partial charge in [0.1, 0.15) is 0 Å². The maximum absolute atomic E-state index is 12.2. The molecule has 0 aliphatic carbocycles. The molecule has 2 aromatic rings. The minimum absolute atomic E-state index is 0.136. The van der Waals surface area contributed by atoms with Gasteiger partial charge in [-0.3, -0.25) is 4.79 Å². The lowest BCUT2D eigenvalue weighted by atomic mass is 10.2. The number of primary amides is 1. The topological polar surface area (TPSA) is 55.1 Å². The van der Waals surface area contributed by atoms with E-state index in [0.717, 1.165) is 11.3 Å².